The van der Waals surface area contributed by atoms with Gasteiger partial charge in [-0.1, -0.05) is 22.7 Å². The highest BCUT2D eigenvalue weighted by Gasteiger charge is 2.12. The molecule has 3 heterocycles. The maximum atomic E-state index is 4.71. The van der Waals surface area contributed by atoms with Gasteiger partial charge in [-0.05, 0) is 43.5 Å². The molecule has 5 aromatic rings. The third kappa shape index (κ3) is 2.69. The maximum Gasteiger partial charge on any atom is 0.190 e. The number of nitrogens with one attached hydrogen (secondary N) is 1. The lowest BCUT2D eigenvalue weighted by Crippen LogP contribution is -1.86. The van der Waals surface area contributed by atoms with Gasteiger partial charge < -0.3 is 5.32 Å². The van der Waals surface area contributed by atoms with Gasteiger partial charge in [0.2, 0.25) is 0 Å². The van der Waals surface area contributed by atoms with Crippen molar-refractivity contribution in [3.63, 3.8) is 0 Å². The van der Waals surface area contributed by atoms with E-state index in [2.05, 4.69) is 51.9 Å². The Kier molecular flexibility index (Phi) is 3.67. The molecule has 0 saturated carbocycles. The quantitative estimate of drug-likeness (QED) is 0.361. The molecule has 0 aliphatic rings. The first kappa shape index (κ1) is 15.5. The van der Waals surface area contributed by atoms with E-state index in [1.165, 1.54) is 14.3 Å². The minimum Gasteiger partial charge on any atom is -0.307 e. The molecule has 4 nitrogen and oxygen atoms in total. The van der Waals surface area contributed by atoms with Crippen molar-refractivity contribution in [2.45, 2.75) is 11.8 Å². The number of thiazole rings is 3. The van der Waals surface area contributed by atoms with Crippen molar-refractivity contribution in [3.05, 3.63) is 35.3 Å². The van der Waals surface area contributed by atoms with Gasteiger partial charge in [-0.25, -0.2) is 15.0 Å². The van der Waals surface area contributed by atoms with Gasteiger partial charge in [0.25, 0.3) is 0 Å². The Bertz CT molecular complexity index is 1230. The zero-order valence-corrected chi connectivity index (χ0v) is 16.6. The number of thioether (sulfide) groups is 1. The molecule has 0 saturated heterocycles. The average Bonchev–Trinajstić information content (AvgIpc) is 3.28. The van der Waals surface area contributed by atoms with E-state index in [0.29, 0.717) is 0 Å². The van der Waals surface area contributed by atoms with Gasteiger partial charge in [0.1, 0.15) is 5.52 Å². The molecule has 8 heteroatoms. The maximum absolute atomic E-state index is 4.71. The van der Waals surface area contributed by atoms with Crippen LogP contribution in [-0.4, -0.2) is 21.2 Å². The SMILES string of the molecule is CSc1ccc2nc(Nc3nc4ccc5sc(C)nc5c4s3)sc2c1. The third-order valence-corrected chi connectivity index (χ3v) is 7.42. The van der Waals surface area contributed by atoms with Gasteiger partial charge in [-0.15, -0.1) is 23.1 Å². The van der Waals surface area contributed by atoms with E-state index in [0.717, 1.165) is 36.5 Å². The van der Waals surface area contributed by atoms with E-state index in [9.17, 15) is 0 Å². The molecule has 0 amide bonds. The first-order valence-electron chi connectivity index (χ1n) is 7.58. The minimum absolute atomic E-state index is 0.859. The van der Waals surface area contributed by atoms with E-state index >= 15 is 0 Å². The molecule has 25 heavy (non-hydrogen) atoms. The zero-order chi connectivity index (χ0) is 17.0. The van der Waals surface area contributed by atoms with Crippen molar-refractivity contribution in [2.75, 3.05) is 11.6 Å². The molecule has 124 valence electrons. The standard InChI is InChI=1S/C17H12N4S4/c1-8-18-14-12(23-8)6-5-11-15(14)25-17(20-11)21-16-19-10-4-3-9(22-2)7-13(10)24-16/h3-7H,1-2H3,(H,19,20,21). The molecular weight excluding hydrogens is 388 g/mol. The predicted molar refractivity (Wildman–Crippen MR) is 112 cm³/mol. The van der Waals surface area contributed by atoms with Gasteiger partial charge in [0.05, 0.1) is 30.1 Å². The van der Waals surface area contributed by atoms with Crippen LogP contribution in [0.15, 0.2) is 35.2 Å². The molecule has 3 aromatic heterocycles. The van der Waals surface area contributed by atoms with E-state index < -0.39 is 0 Å². The van der Waals surface area contributed by atoms with Crippen LogP contribution in [0.2, 0.25) is 0 Å². The summed E-state index contributed by atoms with van der Waals surface area (Å²) in [6.45, 7) is 2.04. The van der Waals surface area contributed by atoms with Crippen LogP contribution < -0.4 is 5.32 Å². The van der Waals surface area contributed by atoms with Crippen LogP contribution in [0.1, 0.15) is 5.01 Å². The largest absolute Gasteiger partial charge is 0.307 e. The number of aryl methyl sites for hydroxylation is 1. The first-order valence-corrected chi connectivity index (χ1v) is 11.3. The molecule has 0 radical (unpaired) electrons. The second-order valence-corrected chi connectivity index (χ2v) is 9.63. The summed E-state index contributed by atoms with van der Waals surface area (Å²) >= 11 is 6.76. The number of nitrogens with zero attached hydrogens (tertiary/aromatic N) is 3. The topological polar surface area (TPSA) is 50.7 Å². The minimum atomic E-state index is 0.859. The van der Waals surface area contributed by atoms with Crippen molar-refractivity contribution in [1.82, 2.24) is 15.0 Å². The van der Waals surface area contributed by atoms with Crippen molar-refractivity contribution < 1.29 is 0 Å². The predicted octanol–water partition coefficient (Wildman–Crippen LogP) is 6.29. The van der Waals surface area contributed by atoms with Crippen molar-refractivity contribution in [1.29, 1.82) is 0 Å². The summed E-state index contributed by atoms with van der Waals surface area (Å²) < 4.78 is 3.54. The fourth-order valence-electron chi connectivity index (χ4n) is 2.72. The van der Waals surface area contributed by atoms with Crippen LogP contribution in [0.4, 0.5) is 10.3 Å². The Morgan fingerprint density at radius 1 is 0.880 bits per heavy atom. The Balaban J connectivity index is 1.56. The average molecular weight is 401 g/mol. The summed E-state index contributed by atoms with van der Waals surface area (Å²) in [5, 5.41) is 6.19. The molecule has 2 aromatic carbocycles. The number of fused-ring (bicyclic) bond motifs is 4. The van der Waals surface area contributed by atoms with Crippen molar-refractivity contribution >= 4 is 86.7 Å². The molecule has 0 spiro atoms. The number of benzene rings is 2. The van der Waals surface area contributed by atoms with E-state index in [1.54, 1.807) is 45.8 Å². The number of rotatable bonds is 3. The first-order chi connectivity index (χ1) is 12.2. The summed E-state index contributed by atoms with van der Waals surface area (Å²) in [7, 11) is 0. The lowest BCUT2D eigenvalue weighted by Gasteiger charge is -1.93. The molecule has 0 unspecified atom stereocenters. The van der Waals surface area contributed by atoms with Crippen LogP contribution in [0.25, 0.3) is 30.6 Å². The normalized spacial score (nSPS) is 11.8. The van der Waals surface area contributed by atoms with Gasteiger partial charge in [-0.2, -0.15) is 0 Å². The lowest BCUT2D eigenvalue weighted by atomic mass is 10.3. The van der Waals surface area contributed by atoms with Crippen molar-refractivity contribution in [2.24, 2.45) is 0 Å². The van der Waals surface area contributed by atoms with Crippen LogP contribution in [0, 0.1) is 6.92 Å². The van der Waals surface area contributed by atoms with Crippen LogP contribution in [0.3, 0.4) is 0 Å². The Morgan fingerprint density at radius 3 is 2.56 bits per heavy atom. The second kappa shape index (κ2) is 5.91. The van der Waals surface area contributed by atoms with E-state index in [-0.39, 0.29) is 0 Å². The zero-order valence-electron chi connectivity index (χ0n) is 13.4. The van der Waals surface area contributed by atoms with E-state index in [4.69, 9.17) is 4.98 Å². The van der Waals surface area contributed by atoms with Crippen molar-refractivity contribution in [3.8, 4) is 0 Å². The van der Waals surface area contributed by atoms with Gasteiger partial charge in [0.15, 0.2) is 10.3 Å². The van der Waals surface area contributed by atoms with Gasteiger partial charge >= 0.3 is 0 Å². The number of anilines is 2. The molecule has 5 rings (SSSR count). The summed E-state index contributed by atoms with van der Waals surface area (Å²) in [6, 6.07) is 10.5. The van der Waals surface area contributed by atoms with Gasteiger partial charge in [-0.3, -0.25) is 0 Å². The number of aromatic nitrogens is 3. The summed E-state index contributed by atoms with van der Waals surface area (Å²) in [5.41, 5.74) is 3.06. The number of hydrogen-bond acceptors (Lipinski definition) is 8. The molecule has 0 aliphatic heterocycles. The summed E-state index contributed by atoms with van der Waals surface area (Å²) in [4.78, 5) is 15.3. The second-order valence-electron chi connectivity index (χ2n) is 5.49. The van der Waals surface area contributed by atoms with Crippen LogP contribution in [-0.2, 0) is 0 Å². The Hall–Kier alpha value is -1.74. The smallest absolute Gasteiger partial charge is 0.190 e. The van der Waals surface area contributed by atoms with Crippen LogP contribution >= 0.6 is 45.8 Å². The fraction of sp³-hybridized carbons (Fsp3) is 0.118. The highest BCUT2D eigenvalue weighted by atomic mass is 32.2. The third-order valence-electron chi connectivity index (χ3n) is 3.83. The molecule has 0 bridgehead atoms. The summed E-state index contributed by atoms with van der Waals surface area (Å²) in [5.74, 6) is 0. The fourth-order valence-corrected chi connectivity index (χ4v) is 6.06. The van der Waals surface area contributed by atoms with Crippen LogP contribution in [0.5, 0.6) is 0 Å². The molecule has 0 fully saturated rings. The highest BCUT2D eigenvalue weighted by Crippen LogP contribution is 2.37. The molecule has 1 N–H and O–H groups in total. The monoisotopic (exact) mass is 400 g/mol. The molecule has 0 atom stereocenters. The summed E-state index contributed by atoms with van der Waals surface area (Å²) in [6.07, 6.45) is 2.09. The Morgan fingerprint density at radius 2 is 1.68 bits per heavy atom. The van der Waals surface area contributed by atoms with E-state index in [1.807, 2.05) is 6.92 Å². The molecular formula is C17H12N4S4. The molecule has 0 aliphatic carbocycles. The lowest BCUT2D eigenvalue weighted by molar-refractivity contribution is 1.35. The van der Waals surface area contributed by atoms with Gasteiger partial charge in [0, 0.05) is 4.90 Å². The number of hydrogen-bond donors (Lipinski definition) is 1. The highest BCUT2D eigenvalue weighted by molar-refractivity contribution is 7.98. The Labute approximate surface area is 160 Å².